The number of ether oxygens (including phenoxy) is 1. The van der Waals surface area contributed by atoms with Gasteiger partial charge in [-0.25, -0.2) is 0 Å². The summed E-state index contributed by atoms with van der Waals surface area (Å²) < 4.78 is 5.77. The van der Waals surface area contributed by atoms with Crippen molar-refractivity contribution in [2.75, 3.05) is 6.61 Å². The van der Waals surface area contributed by atoms with Crippen LogP contribution in [0, 0.1) is 5.92 Å². The first-order valence-electron chi connectivity index (χ1n) is 5.34. The van der Waals surface area contributed by atoms with Crippen LogP contribution in [-0.2, 0) is 0 Å². The molecule has 3 heteroatoms. The molecule has 0 aliphatic heterocycles. The summed E-state index contributed by atoms with van der Waals surface area (Å²) in [4.78, 5) is 0. The van der Waals surface area contributed by atoms with Crippen LogP contribution >= 0.6 is 23.2 Å². The molecule has 88 valence electrons. The van der Waals surface area contributed by atoms with E-state index in [-0.39, 0.29) is 5.92 Å². The number of rotatable bonds is 4. The molecule has 1 nitrogen and oxygen atoms in total. The smallest absolute Gasteiger partial charge is 0.119 e. The minimum atomic E-state index is 0.280. The maximum Gasteiger partial charge on any atom is 0.119 e. The Kier molecular flexibility index (Phi) is 5.17. The van der Waals surface area contributed by atoms with Gasteiger partial charge in [-0.3, -0.25) is 0 Å². The molecule has 1 aromatic carbocycles. The fourth-order valence-corrected chi connectivity index (χ4v) is 2.24. The average Bonchev–Trinajstić information content (AvgIpc) is 2.17. The Balaban J connectivity index is 3.11. The molecule has 0 radical (unpaired) electrons. The highest BCUT2D eigenvalue weighted by Gasteiger charge is 2.11. The molecule has 0 N–H and O–H groups in total. The van der Waals surface area contributed by atoms with E-state index in [1.54, 1.807) is 0 Å². The average molecular weight is 259 g/mol. The second kappa shape index (κ2) is 6.17. The number of allylic oxidation sites excluding steroid dienone is 1. The van der Waals surface area contributed by atoms with Gasteiger partial charge in [0.25, 0.3) is 0 Å². The van der Waals surface area contributed by atoms with Crippen molar-refractivity contribution < 1.29 is 4.74 Å². The maximum atomic E-state index is 5.91. The van der Waals surface area contributed by atoms with Crippen molar-refractivity contribution in [2.45, 2.75) is 20.8 Å². The van der Waals surface area contributed by atoms with E-state index < -0.39 is 0 Å². The van der Waals surface area contributed by atoms with Gasteiger partial charge in [0.05, 0.1) is 6.61 Å². The third-order valence-electron chi connectivity index (χ3n) is 2.24. The Hall–Kier alpha value is -0.660. The number of benzene rings is 1. The molecule has 1 aromatic rings. The Morgan fingerprint density at radius 1 is 1.31 bits per heavy atom. The first-order valence-corrected chi connectivity index (χ1v) is 6.10. The molecule has 1 rings (SSSR count). The molecule has 0 amide bonds. The van der Waals surface area contributed by atoms with Crippen molar-refractivity contribution in [3.05, 3.63) is 34.3 Å². The molecule has 0 atom stereocenters. The van der Waals surface area contributed by atoms with Crippen molar-refractivity contribution in [1.29, 1.82) is 0 Å². The van der Waals surface area contributed by atoms with Crippen LogP contribution in [0.1, 0.15) is 26.3 Å². The number of halogens is 2. The van der Waals surface area contributed by atoms with E-state index in [0.717, 1.165) is 16.9 Å². The zero-order valence-corrected chi connectivity index (χ0v) is 11.3. The fourth-order valence-electron chi connectivity index (χ4n) is 1.58. The van der Waals surface area contributed by atoms with Crippen LogP contribution in [0.15, 0.2) is 28.8 Å². The first-order chi connectivity index (χ1) is 7.56. The van der Waals surface area contributed by atoms with Gasteiger partial charge in [0.2, 0.25) is 0 Å². The van der Waals surface area contributed by atoms with Crippen molar-refractivity contribution in [3.63, 3.8) is 0 Å². The van der Waals surface area contributed by atoms with Gasteiger partial charge in [-0.1, -0.05) is 49.2 Å². The van der Waals surface area contributed by atoms with Crippen LogP contribution in [0.4, 0.5) is 0 Å². The zero-order chi connectivity index (χ0) is 12.1. The van der Waals surface area contributed by atoms with E-state index in [9.17, 15) is 0 Å². The van der Waals surface area contributed by atoms with Gasteiger partial charge in [0, 0.05) is 0 Å². The Morgan fingerprint density at radius 2 is 2.00 bits per heavy atom. The molecule has 0 aromatic heterocycles. The SMILES string of the molecule is CCOc1cccc(C(=C(Cl)Cl)C(C)C)c1. The van der Waals surface area contributed by atoms with Crippen LogP contribution in [0.25, 0.3) is 5.57 Å². The molecule has 0 saturated heterocycles. The van der Waals surface area contributed by atoms with Gasteiger partial charge in [0.1, 0.15) is 10.2 Å². The Bertz CT molecular complexity index is 379. The Morgan fingerprint density at radius 3 is 2.50 bits per heavy atom. The highest BCUT2D eigenvalue weighted by molar-refractivity contribution is 6.58. The third-order valence-corrected chi connectivity index (χ3v) is 2.64. The summed E-state index contributed by atoms with van der Waals surface area (Å²) in [6.45, 7) is 6.74. The lowest BCUT2D eigenvalue weighted by atomic mass is 9.97. The molecular weight excluding hydrogens is 243 g/mol. The van der Waals surface area contributed by atoms with Crippen LogP contribution in [0.2, 0.25) is 0 Å². The minimum absolute atomic E-state index is 0.280. The summed E-state index contributed by atoms with van der Waals surface area (Å²) in [5.74, 6) is 1.12. The van der Waals surface area contributed by atoms with Crippen molar-refractivity contribution >= 4 is 28.8 Å². The van der Waals surface area contributed by atoms with Crippen molar-refractivity contribution in [3.8, 4) is 5.75 Å². The molecule has 0 saturated carbocycles. The first kappa shape index (κ1) is 13.4. The molecule has 0 unspecified atom stereocenters. The summed E-state index contributed by atoms with van der Waals surface area (Å²) in [7, 11) is 0. The highest BCUT2D eigenvalue weighted by atomic mass is 35.5. The molecule has 0 aliphatic rings. The maximum absolute atomic E-state index is 5.91. The zero-order valence-electron chi connectivity index (χ0n) is 9.76. The quantitative estimate of drug-likeness (QED) is 0.748. The predicted molar refractivity (Wildman–Crippen MR) is 71.1 cm³/mol. The van der Waals surface area contributed by atoms with E-state index in [2.05, 4.69) is 13.8 Å². The molecular formula is C13H16Cl2O. The monoisotopic (exact) mass is 258 g/mol. The van der Waals surface area contributed by atoms with E-state index >= 15 is 0 Å². The summed E-state index contributed by atoms with van der Waals surface area (Å²) in [5.41, 5.74) is 1.96. The molecule has 0 fully saturated rings. The normalized spacial score (nSPS) is 10.4. The van der Waals surface area contributed by atoms with E-state index in [0.29, 0.717) is 11.1 Å². The summed E-state index contributed by atoms with van der Waals surface area (Å²) in [6.07, 6.45) is 0. The van der Waals surface area contributed by atoms with E-state index in [1.165, 1.54) is 0 Å². The molecule has 0 spiro atoms. The lowest BCUT2D eigenvalue weighted by Gasteiger charge is -2.13. The summed E-state index contributed by atoms with van der Waals surface area (Å²) >= 11 is 11.8. The summed E-state index contributed by atoms with van der Waals surface area (Å²) in [6, 6.07) is 7.82. The fraction of sp³-hybridized carbons (Fsp3) is 0.385. The minimum Gasteiger partial charge on any atom is -0.494 e. The molecule has 16 heavy (non-hydrogen) atoms. The molecule has 0 heterocycles. The predicted octanol–water partition coefficient (Wildman–Crippen LogP) is 4.89. The highest BCUT2D eigenvalue weighted by Crippen LogP contribution is 2.32. The summed E-state index contributed by atoms with van der Waals surface area (Å²) in [5, 5.41) is 0. The van der Waals surface area contributed by atoms with Gasteiger partial charge in [-0.15, -0.1) is 0 Å². The Labute approximate surface area is 107 Å². The lowest BCUT2D eigenvalue weighted by Crippen LogP contribution is -1.97. The lowest BCUT2D eigenvalue weighted by molar-refractivity contribution is 0.340. The van der Waals surface area contributed by atoms with Gasteiger partial charge in [0.15, 0.2) is 0 Å². The van der Waals surface area contributed by atoms with Gasteiger partial charge in [-0.05, 0) is 36.1 Å². The largest absolute Gasteiger partial charge is 0.494 e. The van der Waals surface area contributed by atoms with Crippen LogP contribution < -0.4 is 4.74 Å². The standard InChI is InChI=1S/C13H16Cl2O/c1-4-16-11-7-5-6-10(8-11)12(9(2)3)13(14)15/h5-9H,4H2,1-3H3. The molecule has 0 aliphatic carbocycles. The molecule has 0 bridgehead atoms. The van der Waals surface area contributed by atoms with Gasteiger partial charge in [-0.2, -0.15) is 0 Å². The van der Waals surface area contributed by atoms with Gasteiger partial charge < -0.3 is 4.74 Å². The van der Waals surface area contributed by atoms with Gasteiger partial charge >= 0.3 is 0 Å². The number of hydrogen-bond acceptors (Lipinski definition) is 1. The van der Waals surface area contributed by atoms with E-state index in [1.807, 2.05) is 31.2 Å². The van der Waals surface area contributed by atoms with Crippen molar-refractivity contribution in [2.24, 2.45) is 5.92 Å². The van der Waals surface area contributed by atoms with Crippen molar-refractivity contribution in [1.82, 2.24) is 0 Å². The van der Waals surface area contributed by atoms with Crippen LogP contribution in [-0.4, -0.2) is 6.61 Å². The van der Waals surface area contributed by atoms with Crippen LogP contribution in [0.5, 0.6) is 5.75 Å². The topological polar surface area (TPSA) is 9.23 Å². The van der Waals surface area contributed by atoms with Crippen LogP contribution in [0.3, 0.4) is 0 Å². The second-order valence-corrected chi connectivity index (χ2v) is 4.74. The number of hydrogen-bond donors (Lipinski definition) is 0. The van der Waals surface area contributed by atoms with E-state index in [4.69, 9.17) is 27.9 Å². The second-order valence-electron chi connectivity index (χ2n) is 3.79. The third kappa shape index (κ3) is 3.43.